The van der Waals surface area contributed by atoms with E-state index in [0.717, 1.165) is 0 Å². The molecule has 1 fully saturated rings. The summed E-state index contributed by atoms with van der Waals surface area (Å²) in [7, 11) is 0. The lowest BCUT2D eigenvalue weighted by atomic mass is 10.0. The van der Waals surface area contributed by atoms with Gasteiger partial charge in [0.2, 0.25) is 5.91 Å². The lowest BCUT2D eigenvalue weighted by Gasteiger charge is -2.24. The first-order valence-electron chi connectivity index (χ1n) is 6.82. The summed E-state index contributed by atoms with van der Waals surface area (Å²) in [6.45, 7) is 2.34. The van der Waals surface area contributed by atoms with Crippen molar-refractivity contribution in [3.8, 4) is 0 Å². The zero-order valence-electron chi connectivity index (χ0n) is 11.4. The Morgan fingerprint density at radius 3 is 2.35 bits per heavy atom. The smallest absolute Gasteiger partial charge is 0.306 e. The van der Waals surface area contributed by atoms with Crippen LogP contribution in [0, 0.1) is 17.7 Å². The van der Waals surface area contributed by atoms with Crippen molar-refractivity contribution in [2.75, 3.05) is 11.4 Å². The van der Waals surface area contributed by atoms with Crippen LogP contribution in [0.25, 0.3) is 0 Å². The van der Waals surface area contributed by atoms with Gasteiger partial charge >= 0.3 is 5.97 Å². The van der Waals surface area contributed by atoms with Gasteiger partial charge in [-0.1, -0.05) is 0 Å². The third kappa shape index (κ3) is 2.98. The van der Waals surface area contributed by atoms with E-state index >= 15 is 0 Å². The summed E-state index contributed by atoms with van der Waals surface area (Å²) in [6, 6.07) is 5.78. The number of benzene rings is 1. The van der Waals surface area contributed by atoms with E-state index in [-0.39, 0.29) is 17.6 Å². The molecule has 0 heterocycles. The van der Waals surface area contributed by atoms with Gasteiger partial charge in [0.05, 0.1) is 5.92 Å². The molecule has 2 rings (SSSR count). The zero-order valence-corrected chi connectivity index (χ0v) is 11.4. The lowest BCUT2D eigenvalue weighted by molar-refractivity contribution is -0.141. The molecular weight excluding hydrogens is 261 g/mol. The highest BCUT2D eigenvalue weighted by molar-refractivity contribution is 5.95. The predicted octanol–water partition coefficient (Wildman–Crippen LogP) is 2.68. The first kappa shape index (κ1) is 14.5. The Balaban J connectivity index is 2.10. The number of aliphatic carboxylic acids is 1. The Hall–Kier alpha value is -1.91. The summed E-state index contributed by atoms with van der Waals surface area (Å²) in [5.41, 5.74) is 0.651. The first-order valence-corrected chi connectivity index (χ1v) is 6.82. The SMILES string of the molecule is CCN(C(=O)[C@@H]1CC[C@H](C(=O)O)C1)c1ccc(F)cc1. The molecule has 2 atom stereocenters. The van der Waals surface area contributed by atoms with Crippen LogP contribution >= 0.6 is 0 Å². The molecule has 0 aliphatic heterocycles. The monoisotopic (exact) mass is 279 g/mol. The summed E-state index contributed by atoms with van der Waals surface area (Å²) in [5, 5.41) is 8.99. The van der Waals surface area contributed by atoms with E-state index in [1.807, 2.05) is 6.92 Å². The van der Waals surface area contributed by atoms with Gasteiger partial charge in [0.25, 0.3) is 0 Å². The van der Waals surface area contributed by atoms with Crippen LogP contribution in [0.15, 0.2) is 24.3 Å². The molecule has 1 aliphatic rings. The van der Waals surface area contributed by atoms with Crippen LogP contribution in [-0.2, 0) is 9.59 Å². The number of anilines is 1. The van der Waals surface area contributed by atoms with Crippen molar-refractivity contribution < 1.29 is 19.1 Å². The maximum Gasteiger partial charge on any atom is 0.306 e. The van der Waals surface area contributed by atoms with E-state index in [9.17, 15) is 14.0 Å². The van der Waals surface area contributed by atoms with Crippen LogP contribution in [0.3, 0.4) is 0 Å². The zero-order chi connectivity index (χ0) is 14.7. The molecular formula is C15H18FNO3. The molecule has 0 aromatic heterocycles. The number of carbonyl (C=O) groups excluding carboxylic acids is 1. The highest BCUT2D eigenvalue weighted by atomic mass is 19.1. The molecule has 1 aromatic rings. The molecule has 1 aliphatic carbocycles. The summed E-state index contributed by atoms with van der Waals surface area (Å²) in [6.07, 6.45) is 1.55. The Morgan fingerprint density at radius 2 is 1.85 bits per heavy atom. The van der Waals surface area contributed by atoms with Gasteiger partial charge in [0, 0.05) is 18.2 Å². The molecule has 4 nitrogen and oxygen atoms in total. The van der Waals surface area contributed by atoms with Gasteiger partial charge in [-0.3, -0.25) is 9.59 Å². The number of carbonyl (C=O) groups is 2. The standard InChI is InChI=1S/C15H18FNO3/c1-2-17(13-7-5-12(16)6-8-13)14(18)10-3-4-11(9-10)15(19)20/h5-8,10-11H,2-4,9H2,1H3,(H,19,20)/t10-,11+/m1/s1. The number of amides is 1. The van der Waals surface area contributed by atoms with Crippen LogP contribution in [0.1, 0.15) is 26.2 Å². The fourth-order valence-corrected chi connectivity index (χ4v) is 2.74. The Kier molecular flexibility index (Phi) is 4.37. The second-order valence-electron chi connectivity index (χ2n) is 5.10. The molecule has 1 saturated carbocycles. The Morgan fingerprint density at radius 1 is 1.25 bits per heavy atom. The Labute approximate surface area is 117 Å². The van der Waals surface area contributed by atoms with Crippen molar-refractivity contribution in [3.05, 3.63) is 30.1 Å². The molecule has 5 heteroatoms. The van der Waals surface area contributed by atoms with E-state index in [2.05, 4.69) is 0 Å². The van der Waals surface area contributed by atoms with Crippen LogP contribution in [0.2, 0.25) is 0 Å². The van der Waals surface area contributed by atoms with Crippen LogP contribution < -0.4 is 4.90 Å². The summed E-state index contributed by atoms with van der Waals surface area (Å²) < 4.78 is 12.9. The highest BCUT2D eigenvalue weighted by Crippen LogP contribution is 2.33. The topological polar surface area (TPSA) is 57.6 Å². The number of carboxylic acids is 1. The number of hydrogen-bond acceptors (Lipinski definition) is 2. The average Bonchev–Trinajstić information content (AvgIpc) is 2.91. The van der Waals surface area contributed by atoms with Gasteiger partial charge < -0.3 is 10.0 Å². The third-order valence-corrected chi connectivity index (χ3v) is 3.85. The van der Waals surface area contributed by atoms with Crippen LogP contribution in [0.4, 0.5) is 10.1 Å². The average molecular weight is 279 g/mol. The third-order valence-electron chi connectivity index (χ3n) is 3.85. The summed E-state index contributed by atoms with van der Waals surface area (Å²) >= 11 is 0. The van der Waals surface area contributed by atoms with Crippen LogP contribution in [-0.4, -0.2) is 23.5 Å². The maximum absolute atomic E-state index is 12.9. The normalized spacial score (nSPS) is 21.7. The molecule has 1 aromatic carbocycles. The van der Waals surface area contributed by atoms with E-state index in [1.54, 1.807) is 17.0 Å². The van der Waals surface area contributed by atoms with Crippen molar-refractivity contribution >= 4 is 17.6 Å². The van der Waals surface area contributed by atoms with Gasteiger partial charge in [0.1, 0.15) is 5.82 Å². The van der Waals surface area contributed by atoms with Gasteiger partial charge in [0.15, 0.2) is 0 Å². The van der Waals surface area contributed by atoms with Crippen molar-refractivity contribution in [2.24, 2.45) is 11.8 Å². The molecule has 1 amide bonds. The van der Waals surface area contributed by atoms with Crippen LogP contribution in [0.5, 0.6) is 0 Å². The molecule has 20 heavy (non-hydrogen) atoms. The van der Waals surface area contributed by atoms with Crippen molar-refractivity contribution in [1.29, 1.82) is 0 Å². The number of hydrogen-bond donors (Lipinski definition) is 1. The predicted molar refractivity (Wildman–Crippen MR) is 72.9 cm³/mol. The molecule has 108 valence electrons. The summed E-state index contributed by atoms with van der Waals surface area (Å²) in [5.74, 6) is -1.91. The summed E-state index contributed by atoms with van der Waals surface area (Å²) in [4.78, 5) is 25.0. The van der Waals surface area contributed by atoms with E-state index in [4.69, 9.17) is 5.11 Å². The molecule has 0 bridgehead atoms. The minimum absolute atomic E-state index is 0.0668. The number of rotatable bonds is 4. The second kappa shape index (κ2) is 6.03. The van der Waals surface area contributed by atoms with Crippen molar-refractivity contribution in [1.82, 2.24) is 0 Å². The molecule has 0 radical (unpaired) electrons. The molecule has 0 saturated heterocycles. The van der Waals surface area contributed by atoms with Crippen molar-refractivity contribution in [3.63, 3.8) is 0 Å². The minimum atomic E-state index is -0.829. The lowest BCUT2D eigenvalue weighted by Crippen LogP contribution is -2.35. The number of nitrogens with zero attached hydrogens (tertiary/aromatic N) is 1. The maximum atomic E-state index is 12.9. The Bertz CT molecular complexity index is 500. The fourth-order valence-electron chi connectivity index (χ4n) is 2.74. The largest absolute Gasteiger partial charge is 0.481 e. The molecule has 0 unspecified atom stereocenters. The van der Waals surface area contributed by atoms with Gasteiger partial charge in [-0.25, -0.2) is 4.39 Å². The number of halogens is 1. The van der Waals surface area contributed by atoms with Crippen molar-refractivity contribution in [2.45, 2.75) is 26.2 Å². The van der Waals surface area contributed by atoms with Gasteiger partial charge in [-0.15, -0.1) is 0 Å². The molecule has 1 N–H and O–H groups in total. The quantitative estimate of drug-likeness (QED) is 0.921. The minimum Gasteiger partial charge on any atom is -0.481 e. The van der Waals surface area contributed by atoms with Gasteiger partial charge in [-0.2, -0.15) is 0 Å². The van der Waals surface area contributed by atoms with E-state index < -0.39 is 11.9 Å². The first-order chi connectivity index (χ1) is 9.52. The van der Waals surface area contributed by atoms with E-state index in [0.29, 0.717) is 31.5 Å². The van der Waals surface area contributed by atoms with E-state index in [1.165, 1.54) is 12.1 Å². The highest BCUT2D eigenvalue weighted by Gasteiger charge is 2.35. The number of carboxylic acid groups (broad SMARTS) is 1. The molecule has 0 spiro atoms. The second-order valence-corrected chi connectivity index (χ2v) is 5.10. The van der Waals surface area contributed by atoms with Gasteiger partial charge in [-0.05, 0) is 50.5 Å². The fraction of sp³-hybridized carbons (Fsp3) is 0.467.